The smallest absolute Gasteiger partial charge is 0.0558 e. The first-order valence-electron chi connectivity index (χ1n) is 4.69. The molecule has 0 radical (unpaired) electrons. The van der Waals surface area contributed by atoms with Gasteiger partial charge in [-0.3, -0.25) is 4.90 Å². The highest BCUT2D eigenvalue weighted by atomic mass is 79.9. The van der Waals surface area contributed by atoms with Gasteiger partial charge < -0.3 is 5.11 Å². The molecule has 0 amide bonds. The molecule has 3 heteroatoms. The molecule has 12 heavy (non-hydrogen) atoms. The number of nitrogens with zero attached hydrogens (tertiary/aromatic N) is 1. The standard InChI is InChI=1S/C9H19NO.BrH/c1-9-5-3-2-4-6-10(9)7-8-11;/h9,11H,2-8H2,1H3;1H. The summed E-state index contributed by atoms with van der Waals surface area (Å²) >= 11 is 0. The van der Waals surface area contributed by atoms with Gasteiger partial charge in [0.1, 0.15) is 0 Å². The zero-order chi connectivity index (χ0) is 8.10. The lowest BCUT2D eigenvalue weighted by Crippen LogP contribution is -2.34. The van der Waals surface area contributed by atoms with Gasteiger partial charge in [0.15, 0.2) is 0 Å². The number of β-amino-alcohol motifs (C(OH)–C–C–N with tert-alkyl or cyclic N) is 1. The van der Waals surface area contributed by atoms with Crippen molar-refractivity contribution >= 4 is 17.0 Å². The van der Waals surface area contributed by atoms with E-state index in [1.807, 2.05) is 0 Å². The molecule has 0 aliphatic carbocycles. The van der Waals surface area contributed by atoms with Gasteiger partial charge in [-0.15, -0.1) is 17.0 Å². The van der Waals surface area contributed by atoms with E-state index in [9.17, 15) is 0 Å². The number of aliphatic hydroxyl groups is 1. The molecule has 0 aromatic carbocycles. The molecule has 74 valence electrons. The Morgan fingerprint density at radius 3 is 2.75 bits per heavy atom. The summed E-state index contributed by atoms with van der Waals surface area (Å²) in [5.41, 5.74) is 0. The Bertz CT molecular complexity index is 111. The third kappa shape index (κ3) is 3.87. The van der Waals surface area contributed by atoms with Crippen molar-refractivity contribution in [1.82, 2.24) is 4.90 Å². The van der Waals surface area contributed by atoms with E-state index in [1.165, 1.54) is 32.2 Å². The van der Waals surface area contributed by atoms with Gasteiger partial charge in [-0.2, -0.15) is 0 Å². The maximum absolute atomic E-state index is 8.79. The Labute approximate surface area is 85.7 Å². The molecule has 0 aromatic rings. The van der Waals surface area contributed by atoms with Crippen molar-refractivity contribution in [3.8, 4) is 0 Å². The van der Waals surface area contributed by atoms with Gasteiger partial charge in [0.2, 0.25) is 0 Å². The SMILES string of the molecule is Br.CC1CCCCCN1CCO. The Morgan fingerprint density at radius 1 is 1.33 bits per heavy atom. The molecule has 1 heterocycles. The molecule has 1 aliphatic heterocycles. The third-order valence-corrected chi connectivity index (χ3v) is 2.58. The fourth-order valence-electron chi connectivity index (χ4n) is 1.80. The van der Waals surface area contributed by atoms with Crippen molar-refractivity contribution in [3.05, 3.63) is 0 Å². The van der Waals surface area contributed by atoms with E-state index < -0.39 is 0 Å². The monoisotopic (exact) mass is 237 g/mol. The van der Waals surface area contributed by atoms with Crippen LogP contribution in [0.3, 0.4) is 0 Å². The van der Waals surface area contributed by atoms with E-state index in [-0.39, 0.29) is 17.0 Å². The van der Waals surface area contributed by atoms with Crippen molar-refractivity contribution in [1.29, 1.82) is 0 Å². The molecular weight excluding hydrogens is 218 g/mol. The van der Waals surface area contributed by atoms with Gasteiger partial charge in [0, 0.05) is 12.6 Å². The molecule has 1 atom stereocenters. The number of aliphatic hydroxyl groups excluding tert-OH is 1. The van der Waals surface area contributed by atoms with Crippen LogP contribution in [-0.4, -0.2) is 35.7 Å². The van der Waals surface area contributed by atoms with Crippen LogP contribution < -0.4 is 0 Å². The summed E-state index contributed by atoms with van der Waals surface area (Å²) in [7, 11) is 0. The van der Waals surface area contributed by atoms with Gasteiger partial charge in [-0.05, 0) is 26.3 Å². The molecule has 1 aliphatic rings. The Balaban J connectivity index is 0.00000121. The summed E-state index contributed by atoms with van der Waals surface area (Å²) < 4.78 is 0. The van der Waals surface area contributed by atoms with E-state index in [0.29, 0.717) is 12.6 Å². The Kier molecular flexibility index (Phi) is 7.10. The largest absolute Gasteiger partial charge is 0.395 e. The van der Waals surface area contributed by atoms with Crippen molar-refractivity contribution < 1.29 is 5.11 Å². The molecule has 0 saturated carbocycles. The summed E-state index contributed by atoms with van der Waals surface area (Å²) in [6.07, 6.45) is 5.35. The highest BCUT2D eigenvalue weighted by Crippen LogP contribution is 2.15. The highest BCUT2D eigenvalue weighted by Gasteiger charge is 2.15. The van der Waals surface area contributed by atoms with Gasteiger partial charge in [-0.25, -0.2) is 0 Å². The van der Waals surface area contributed by atoms with Crippen molar-refractivity contribution in [2.45, 2.75) is 38.6 Å². The van der Waals surface area contributed by atoms with Crippen LogP contribution in [0.4, 0.5) is 0 Å². The first kappa shape index (κ1) is 12.4. The van der Waals surface area contributed by atoms with Crippen LogP contribution in [0.5, 0.6) is 0 Å². The van der Waals surface area contributed by atoms with E-state index in [2.05, 4.69) is 11.8 Å². The molecular formula is C9H20BrNO. The second-order valence-electron chi connectivity index (χ2n) is 3.46. The van der Waals surface area contributed by atoms with Crippen LogP contribution in [0.2, 0.25) is 0 Å². The number of hydrogen-bond acceptors (Lipinski definition) is 2. The Hall–Kier alpha value is 0.400. The van der Waals surface area contributed by atoms with Crippen LogP contribution >= 0.6 is 17.0 Å². The molecule has 2 nitrogen and oxygen atoms in total. The minimum Gasteiger partial charge on any atom is -0.395 e. The van der Waals surface area contributed by atoms with Gasteiger partial charge in [-0.1, -0.05) is 12.8 Å². The van der Waals surface area contributed by atoms with Crippen LogP contribution in [0.25, 0.3) is 0 Å². The minimum absolute atomic E-state index is 0. The quantitative estimate of drug-likeness (QED) is 0.793. The lowest BCUT2D eigenvalue weighted by atomic mass is 10.1. The number of rotatable bonds is 2. The van der Waals surface area contributed by atoms with Crippen LogP contribution in [0.1, 0.15) is 32.6 Å². The molecule has 1 unspecified atom stereocenters. The predicted octanol–water partition coefficient (Wildman–Crippen LogP) is 1.82. The van der Waals surface area contributed by atoms with Gasteiger partial charge >= 0.3 is 0 Å². The fourth-order valence-corrected chi connectivity index (χ4v) is 1.80. The van der Waals surface area contributed by atoms with E-state index >= 15 is 0 Å². The van der Waals surface area contributed by atoms with Crippen molar-refractivity contribution in [3.63, 3.8) is 0 Å². The Morgan fingerprint density at radius 2 is 2.08 bits per heavy atom. The molecule has 1 rings (SSSR count). The maximum Gasteiger partial charge on any atom is 0.0558 e. The van der Waals surface area contributed by atoms with E-state index in [0.717, 1.165) is 6.54 Å². The fraction of sp³-hybridized carbons (Fsp3) is 1.00. The topological polar surface area (TPSA) is 23.5 Å². The predicted molar refractivity (Wildman–Crippen MR) is 56.9 cm³/mol. The molecule has 0 spiro atoms. The zero-order valence-corrected chi connectivity index (χ0v) is 9.54. The van der Waals surface area contributed by atoms with E-state index in [4.69, 9.17) is 5.11 Å². The molecule has 1 N–H and O–H groups in total. The maximum atomic E-state index is 8.79. The highest BCUT2D eigenvalue weighted by molar-refractivity contribution is 8.93. The van der Waals surface area contributed by atoms with Gasteiger partial charge in [0.25, 0.3) is 0 Å². The average molecular weight is 238 g/mol. The van der Waals surface area contributed by atoms with Crippen LogP contribution in [-0.2, 0) is 0 Å². The first-order valence-corrected chi connectivity index (χ1v) is 4.69. The van der Waals surface area contributed by atoms with Crippen molar-refractivity contribution in [2.75, 3.05) is 19.7 Å². The zero-order valence-electron chi connectivity index (χ0n) is 7.83. The molecule has 1 saturated heterocycles. The molecule has 0 bridgehead atoms. The molecule has 1 fully saturated rings. The normalized spacial score (nSPS) is 26.0. The summed E-state index contributed by atoms with van der Waals surface area (Å²) in [5.74, 6) is 0. The average Bonchev–Trinajstić information content (AvgIpc) is 2.18. The summed E-state index contributed by atoms with van der Waals surface area (Å²) in [4.78, 5) is 2.40. The number of hydrogen-bond donors (Lipinski definition) is 1. The lowest BCUT2D eigenvalue weighted by molar-refractivity contribution is 0.161. The number of halogens is 1. The van der Waals surface area contributed by atoms with Crippen LogP contribution in [0.15, 0.2) is 0 Å². The van der Waals surface area contributed by atoms with Gasteiger partial charge in [0.05, 0.1) is 6.61 Å². The molecule has 0 aromatic heterocycles. The second kappa shape index (κ2) is 6.87. The second-order valence-corrected chi connectivity index (χ2v) is 3.46. The van der Waals surface area contributed by atoms with E-state index in [1.54, 1.807) is 0 Å². The summed E-state index contributed by atoms with van der Waals surface area (Å²) in [6, 6.07) is 0.685. The third-order valence-electron chi connectivity index (χ3n) is 2.58. The van der Waals surface area contributed by atoms with Crippen molar-refractivity contribution in [2.24, 2.45) is 0 Å². The summed E-state index contributed by atoms with van der Waals surface area (Å²) in [6.45, 7) is 4.62. The first-order chi connectivity index (χ1) is 5.34. The minimum atomic E-state index is 0. The summed E-state index contributed by atoms with van der Waals surface area (Å²) in [5, 5.41) is 8.79. The lowest BCUT2D eigenvalue weighted by Gasteiger charge is -2.25. The number of likely N-dealkylation sites (tertiary alicyclic amines) is 1. The van der Waals surface area contributed by atoms with Crippen LogP contribution in [0, 0.1) is 0 Å².